The summed E-state index contributed by atoms with van der Waals surface area (Å²) in [6.07, 6.45) is 2.72. The van der Waals surface area contributed by atoms with Crippen LogP contribution in [0.3, 0.4) is 0 Å². The van der Waals surface area contributed by atoms with Gasteiger partial charge in [0.05, 0.1) is 17.2 Å². The summed E-state index contributed by atoms with van der Waals surface area (Å²) in [6.45, 7) is 2.24. The van der Waals surface area contributed by atoms with Crippen molar-refractivity contribution in [2.24, 2.45) is 17.6 Å². The van der Waals surface area contributed by atoms with Crippen LogP contribution in [-0.4, -0.2) is 4.98 Å². The Balaban J connectivity index is 2.03. The molecule has 0 spiro atoms. The highest BCUT2D eigenvalue weighted by molar-refractivity contribution is 7.07. The first-order chi connectivity index (χ1) is 5.79. The predicted octanol–water partition coefficient (Wildman–Crippen LogP) is 2.19. The van der Waals surface area contributed by atoms with Gasteiger partial charge in [0.25, 0.3) is 0 Å². The predicted molar refractivity (Wildman–Crippen MR) is 50.9 cm³/mol. The average molecular weight is 182 g/mol. The highest BCUT2D eigenvalue weighted by Crippen LogP contribution is 2.41. The number of rotatable bonds is 3. The molecule has 2 nitrogen and oxygen atoms in total. The zero-order valence-electron chi connectivity index (χ0n) is 7.23. The van der Waals surface area contributed by atoms with Gasteiger partial charge in [0.2, 0.25) is 0 Å². The molecule has 1 fully saturated rings. The second-order valence-electron chi connectivity index (χ2n) is 3.64. The van der Waals surface area contributed by atoms with Crippen molar-refractivity contribution in [3.05, 3.63) is 16.6 Å². The van der Waals surface area contributed by atoms with Crippen molar-refractivity contribution in [3.63, 3.8) is 0 Å². The lowest BCUT2D eigenvalue weighted by Gasteiger charge is -2.16. The van der Waals surface area contributed by atoms with E-state index in [0.717, 1.165) is 11.6 Å². The molecule has 0 aromatic carbocycles. The van der Waals surface area contributed by atoms with Crippen molar-refractivity contribution < 1.29 is 0 Å². The number of thiazole rings is 1. The van der Waals surface area contributed by atoms with E-state index in [-0.39, 0.29) is 6.04 Å². The molecule has 1 aliphatic rings. The van der Waals surface area contributed by atoms with Crippen LogP contribution in [0.5, 0.6) is 0 Å². The third-order valence-corrected chi connectivity index (χ3v) is 3.33. The van der Waals surface area contributed by atoms with Gasteiger partial charge in [0.1, 0.15) is 0 Å². The largest absolute Gasteiger partial charge is 0.322 e. The number of hydrogen-bond acceptors (Lipinski definition) is 3. The van der Waals surface area contributed by atoms with E-state index in [2.05, 4.69) is 17.3 Å². The van der Waals surface area contributed by atoms with Gasteiger partial charge in [-0.3, -0.25) is 0 Å². The Hall–Kier alpha value is -0.410. The Morgan fingerprint density at radius 2 is 2.42 bits per heavy atom. The molecule has 2 N–H and O–H groups in total. The summed E-state index contributed by atoms with van der Waals surface area (Å²) < 4.78 is 0. The molecule has 2 unspecified atom stereocenters. The molecule has 0 bridgehead atoms. The molecule has 12 heavy (non-hydrogen) atoms. The molecule has 66 valence electrons. The van der Waals surface area contributed by atoms with Crippen molar-refractivity contribution >= 4 is 11.3 Å². The van der Waals surface area contributed by atoms with Gasteiger partial charge in [0, 0.05) is 5.38 Å². The van der Waals surface area contributed by atoms with Gasteiger partial charge >= 0.3 is 0 Å². The number of hydrogen-bond donors (Lipinski definition) is 1. The van der Waals surface area contributed by atoms with Gasteiger partial charge in [-0.2, -0.15) is 0 Å². The fourth-order valence-corrected chi connectivity index (χ4v) is 2.17. The van der Waals surface area contributed by atoms with E-state index < -0.39 is 0 Å². The average Bonchev–Trinajstić information content (AvgIpc) is 2.79. The molecule has 0 aliphatic heterocycles. The minimum absolute atomic E-state index is 0.156. The van der Waals surface area contributed by atoms with Crippen LogP contribution in [0.4, 0.5) is 0 Å². The van der Waals surface area contributed by atoms with Crippen LogP contribution >= 0.6 is 11.3 Å². The number of aromatic nitrogens is 1. The van der Waals surface area contributed by atoms with Crippen LogP contribution < -0.4 is 5.73 Å². The summed E-state index contributed by atoms with van der Waals surface area (Å²) in [5.74, 6) is 1.47. The highest BCUT2D eigenvalue weighted by Gasteiger charge is 2.32. The van der Waals surface area contributed by atoms with Gasteiger partial charge in [-0.05, 0) is 24.7 Å². The zero-order valence-corrected chi connectivity index (χ0v) is 8.05. The molecule has 1 heterocycles. The smallest absolute Gasteiger partial charge is 0.0795 e. The Bertz CT molecular complexity index is 241. The summed E-state index contributed by atoms with van der Waals surface area (Å²) in [4.78, 5) is 4.24. The van der Waals surface area contributed by atoms with Crippen molar-refractivity contribution in [1.82, 2.24) is 4.98 Å². The fourth-order valence-electron chi connectivity index (χ4n) is 1.57. The maximum Gasteiger partial charge on any atom is 0.0795 e. The van der Waals surface area contributed by atoms with E-state index in [9.17, 15) is 0 Å². The summed E-state index contributed by atoms with van der Waals surface area (Å²) in [6, 6.07) is 0.156. The zero-order chi connectivity index (χ0) is 8.55. The SMILES string of the molecule is CC(C1CC1)C(N)c1cscn1. The van der Waals surface area contributed by atoms with Crippen LogP contribution in [0.25, 0.3) is 0 Å². The summed E-state index contributed by atoms with van der Waals surface area (Å²) >= 11 is 1.63. The second-order valence-corrected chi connectivity index (χ2v) is 4.35. The molecule has 0 radical (unpaired) electrons. The maximum absolute atomic E-state index is 6.07. The van der Waals surface area contributed by atoms with E-state index >= 15 is 0 Å². The van der Waals surface area contributed by atoms with Crippen molar-refractivity contribution in [2.45, 2.75) is 25.8 Å². The van der Waals surface area contributed by atoms with Crippen LogP contribution in [0.2, 0.25) is 0 Å². The molecule has 1 aromatic heterocycles. The Labute approximate surface area is 76.8 Å². The van der Waals surface area contributed by atoms with Crippen molar-refractivity contribution in [1.29, 1.82) is 0 Å². The lowest BCUT2D eigenvalue weighted by Crippen LogP contribution is -2.20. The molecular weight excluding hydrogens is 168 g/mol. The molecule has 1 aliphatic carbocycles. The number of nitrogens with two attached hydrogens (primary N) is 1. The van der Waals surface area contributed by atoms with Gasteiger partial charge < -0.3 is 5.73 Å². The van der Waals surface area contributed by atoms with Crippen LogP contribution in [0.1, 0.15) is 31.5 Å². The van der Waals surface area contributed by atoms with Gasteiger partial charge in [-0.1, -0.05) is 6.92 Å². The standard InChI is InChI=1S/C9H14N2S/c1-6(7-2-3-7)9(10)8-4-12-5-11-8/h4-7,9H,2-3,10H2,1H3. The first kappa shape index (κ1) is 8.20. The molecule has 1 saturated carbocycles. The quantitative estimate of drug-likeness (QED) is 0.778. The summed E-state index contributed by atoms with van der Waals surface area (Å²) in [7, 11) is 0. The van der Waals surface area contributed by atoms with Gasteiger partial charge in [-0.25, -0.2) is 4.98 Å². The Morgan fingerprint density at radius 1 is 1.67 bits per heavy atom. The minimum atomic E-state index is 0.156. The van der Waals surface area contributed by atoms with E-state index in [4.69, 9.17) is 5.73 Å². The lowest BCUT2D eigenvalue weighted by molar-refractivity contribution is 0.411. The van der Waals surface area contributed by atoms with Crippen molar-refractivity contribution in [3.8, 4) is 0 Å². The van der Waals surface area contributed by atoms with Gasteiger partial charge in [-0.15, -0.1) is 11.3 Å². The molecule has 3 heteroatoms. The van der Waals surface area contributed by atoms with Crippen LogP contribution in [0, 0.1) is 11.8 Å². The normalized spacial score (nSPS) is 22.2. The van der Waals surface area contributed by atoms with Gasteiger partial charge in [0.15, 0.2) is 0 Å². The van der Waals surface area contributed by atoms with E-state index in [0.29, 0.717) is 5.92 Å². The first-order valence-corrected chi connectivity index (χ1v) is 5.37. The van der Waals surface area contributed by atoms with Crippen molar-refractivity contribution in [2.75, 3.05) is 0 Å². The highest BCUT2D eigenvalue weighted by atomic mass is 32.1. The molecule has 2 atom stereocenters. The minimum Gasteiger partial charge on any atom is -0.322 e. The summed E-state index contributed by atoms with van der Waals surface area (Å²) in [5, 5.41) is 2.06. The summed E-state index contributed by atoms with van der Waals surface area (Å²) in [5.41, 5.74) is 8.99. The third kappa shape index (κ3) is 1.52. The van der Waals surface area contributed by atoms with E-state index in [1.807, 2.05) is 5.51 Å². The molecule has 0 saturated heterocycles. The van der Waals surface area contributed by atoms with E-state index in [1.54, 1.807) is 11.3 Å². The monoisotopic (exact) mass is 182 g/mol. The first-order valence-electron chi connectivity index (χ1n) is 4.42. The van der Waals surface area contributed by atoms with Crippen LogP contribution in [-0.2, 0) is 0 Å². The maximum atomic E-state index is 6.07. The molecule has 2 rings (SSSR count). The lowest BCUT2D eigenvalue weighted by atomic mass is 9.96. The fraction of sp³-hybridized carbons (Fsp3) is 0.667. The van der Waals surface area contributed by atoms with E-state index in [1.165, 1.54) is 12.8 Å². The molecular formula is C9H14N2S. The third-order valence-electron chi connectivity index (χ3n) is 2.72. The van der Waals surface area contributed by atoms with Crippen LogP contribution in [0.15, 0.2) is 10.9 Å². The Kier molecular flexibility index (Phi) is 2.15. The molecule has 1 aromatic rings. The second kappa shape index (κ2) is 3.15. The number of nitrogens with zero attached hydrogens (tertiary/aromatic N) is 1. The topological polar surface area (TPSA) is 38.9 Å². The Morgan fingerprint density at radius 3 is 2.92 bits per heavy atom. The molecule has 0 amide bonds.